The average molecular weight is 472 g/mol. The molecule has 9 nitrogen and oxygen atoms in total. The molecule has 1 unspecified atom stereocenters. The summed E-state index contributed by atoms with van der Waals surface area (Å²) in [5, 5.41) is 3.46. The number of aromatic nitrogens is 4. The summed E-state index contributed by atoms with van der Waals surface area (Å²) < 4.78 is 39.6. The number of alkyl halides is 3. The van der Waals surface area contributed by atoms with Crippen molar-refractivity contribution in [3.8, 4) is 11.3 Å². The Hall–Kier alpha value is -3.72. The molecule has 34 heavy (non-hydrogen) atoms. The summed E-state index contributed by atoms with van der Waals surface area (Å²) in [7, 11) is 0. The Bertz CT molecular complexity index is 1240. The Balaban J connectivity index is 1.59. The summed E-state index contributed by atoms with van der Waals surface area (Å²) in [6.45, 7) is 10.7. The van der Waals surface area contributed by atoms with Crippen LogP contribution in [0.2, 0.25) is 0 Å². The lowest BCUT2D eigenvalue weighted by Crippen LogP contribution is -2.44. The number of nitrogens with two attached hydrogens (primary N) is 1. The molecule has 3 aromatic heterocycles. The molecule has 0 aromatic carbocycles. The number of H-pyrrole nitrogens is 1. The molecule has 0 saturated carbocycles. The van der Waals surface area contributed by atoms with Crippen LogP contribution < -0.4 is 11.1 Å². The van der Waals surface area contributed by atoms with E-state index in [2.05, 4.69) is 30.1 Å². The minimum Gasteiger partial charge on any atom is -0.352 e. The number of hydrogen-bond acceptors (Lipinski definition) is 6. The van der Waals surface area contributed by atoms with Crippen molar-refractivity contribution in [2.45, 2.75) is 32.0 Å². The topological polar surface area (TPSA) is 117 Å². The number of anilines is 1. The third-order valence-corrected chi connectivity index (χ3v) is 6.13. The Labute approximate surface area is 193 Å². The van der Waals surface area contributed by atoms with Gasteiger partial charge in [-0.1, -0.05) is 0 Å². The minimum absolute atomic E-state index is 0.00366. The highest BCUT2D eigenvalue weighted by Crippen LogP contribution is 2.37. The maximum absolute atomic E-state index is 13.2. The molecule has 4 rings (SSSR count). The summed E-state index contributed by atoms with van der Waals surface area (Å²) in [5.41, 5.74) is 5.49. The summed E-state index contributed by atoms with van der Waals surface area (Å²) >= 11 is 0. The van der Waals surface area contributed by atoms with Gasteiger partial charge in [0, 0.05) is 48.7 Å². The molecule has 4 heterocycles. The zero-order valence-corrected chi connectivity index (χ0v) is 18.4. The van der Waals surface area contributed by atoms with E-state index in [0.717, 1.165) is 25.1 Å². The van der Waals surface area contributed by atoms with Crippen molar-refractivity contribution in [1.29, 1.82) is 0 Å². The zero-order chi connectivity index (χ0) is 24.5. The fraction of sp³-hybridized carbons (Fsp3) is 0.409. The number of aromatic amines is 1. The van der Waals surface area contributed by atoms with Crippen molar-refractivity contribution in [2.24, 2.45) is 11.7 Å². The van der Waals surface area contributed by atoms with Gasteiger partial charge in [-0.25, -0.2) is 19.8 Å². The lowest BCUT2D eigenvalue weighted by atomic mass is 9.90. The second-order valence-corrected chi connectivity index (χ2v) is 8.21. The SMILES string of the molecule is [C-]#[N+]c1cnc(NC(C)C2CCN(C(=O)CN)CC2)nc1-c1c[nH]c2ncc(C(F)(F)F)cc12. The van der Waals surface area contributed by atoms with E-state index in [1.165, 1.54) is 12.4 Å². The summed E-state index contributed by atoms with van der Waals surface area (Å²) in [4.78, 5) is 32.4. The number of nitrogens with one attached hydrogen (secondary N) is 2. The van der Waals surface area contributed by atoms with E-state index in [0.29, 0.717) is 18.7 Å². The van der Waals surface area contributed by atoms with Crippen LogP contribution in [0.5, 0.6) is 0 Å². The van der Waals surface area contributed by atoms with E-state index in [1.54, 1.807) is 4.90 Å². The van der Waals surface area contributed by atoms with E-state index in [-0.39, 0.29) is 52.8 Å². The quantitative estimate of drug-likeness (QED) is 0.489. The Morgan fingerprint density at radius 1 is 1.35 bits per heavy atom. The first-order valence-corrected chi connectivity index (χ1v) is 10.7. The summed E-state index contributed by atoms with van der Waals surface area (Å²) in [6, 6.07) is 0.971. The normalized spacial score (nSPS) is 15.8. The molecule has 1 amide bonds. The largest absolute Gasteiger partial charge is 0.417 e. The first-order chi connectivity index (χ1) is 16.2. The molecule has 1 aliphatic rings. The number of piperidine rings is 1. The van der Waals surface area contributed by atoms with Crippen LogP contribution in [0.25, 0.3) is 27.1 Å². The third kappa shape index (κ3) is 4.65. The summed E-state index contributed by atoms with van der Waals surface area (Å²) in [6.07, 6.45) is 0.650. The van der Waals surface area contributed by atoms with E-state index >= 15 is 0 Å². The molecule has 12 heteroatoms. The Morgan fingerprint density at radius 2 is 2.09 bits per heavy atom. The number of rotatable bonds is 5. The highest BCUT2D eigenvalue weighted by Gasteiger charge is 2.32. The molecule has 178 valence electrons. The van der Waals surface area contributed by atoms with Gasteiger partial charge in [-0.3, -0.25) is 4.79 Å². The number of nitrogens with zero attached hydrogens (tertiary/aromatic N) is 5. The molecule has 1 fully saturated rings. The second kappa shape index (κ2) is 9.26. The zero-order valence-electron chi connectivity index (χ0n) is 18.4. The predicted octanol–water partition coefficient (Wildman–Crippen LogP) is 3.59. The number of fused-ring (bicyclic) bond motifs is 1. The van der Waals surface area contributed by atoms with E-state index in [1.807, 2.05) is 6.92 Å². The molecule has 1 atom stereocenters. The lowest BCUT2D eigenvalue weighted by molar-refractivity contribution is -0.137. The molecule has 1 saturated heterocycles. The van der Waals surface area contributed by atoms with Gasteiger partial charge in [-0.05, 0) is 31.7 Å². The molecule has 1 aliphatic heterocycles. The first kappa shape index (κ1) is 23.4. The average Bonchev–Trinajstić information content (AvgIpc) is 3.26. The third-order valence-electron chi connectivity index (χ3n) is 6.13. The molecule has 0 spiro atoms. The van der Waals surface area contributed by atoms with Crippen LogP contribution in [0.3, 0.4) is 0 Å². The molecule has 0 radical (unpaired) electrons. The molecular weight excluding hydrogens is 449 g/mol. The van der Waals surface area contributed by atoms with Crippen molar-refractivity contribution >= 4 is 28.6 Å². The van der Waals surface area contributed by atoms with Gasteiger partial charge >= 0.3 is 6.18 Å². The first-order valence-electron chi connectivity index (χ1n) is 10.7. The number of halogens is 3. The van der Waals surface area contributed by atoms with Crippen LogP contribution in [-0.2, 0) is 11.0 Å². The number of carbonyl (C=O) groups is 1. The van der Waals surface area contributed by atoms with Gasteiger partial charge in [-0.2, -0.15) is 13.2 Å². The Morgan fingerprint density at radius 3 is 2.74 bits per heavy atom. The van der Waals surface area contributed by atoms with Crippen LogP contribution in [-0.4, -0.2) is 56.4 Å². The van der Waals surface area contributed by atoms with Crippen molar-refractivity contribution in [3.05, 3.63) is 41.6 Å². The standard InChI is InChI=1S/C22H23F3N8O/c1-12(13-3-5-33(6-4-13)18(34)8-26)31-21-30-11-17(27-2)19(32-21)16-10-29-20-15(16)7-14(9-28-20)22(23,24)25/h7,9-13H,3-6,8,26H2,1H3,(H,28,29)(H,30,31,32). The molecule has 0 aliphatic carbocycles. The van der Waals surface area contributed by atoms with Gasteiger partial charge in [0.15, 0.2) is 0 Å². The van der Waals surface area contributed by atoms with Gasteiger partial charge in [0.05, 0.1) is 24.4 Å². The number of carbonyl (C=O) groups excluding carboxylic acids is 1. The highest BCUT2D eigenvalue weighted by molar-refractivity contribution is 5.96. The lowest BCUT2D eigenvalue weighted by Gasteiger charge is -2.35. The van der Waals surface area contributed by atoms with Crippen molar-refractivity contribution < 1.29 is 18.0 Å². The number of amides is 1. The number of likely N-dealkylation sites (tertiary alicyclic amines) is 1. The fourth-order valence-corrected chi connectivity index (χ4v) is 4.18. The number of pyridine rings is 1. The van der Waals surface area contributed by atoms with Crippen LogP contribution in [0, 0.1) is 12.5 Å². The maximum atomic E-state index is 13.2. The Kier molecular flexibility index (Phi) is 6.39. The van der Waals surface area contributed by atoms with Crippen LogP contribution in [0.15, 0.2) is 24.7 Å². The van der Waals surface area contributed by atoms with E-state index < -0.39 is 11.7 Å². The molecule has 4 N–H and O–H groups in total. The van der Waals surface area contributed by atoms with Gasteiger partial charge in [0.2, 0.25) is 17.5 Å². The highest BCUT2D eigenvalue weighted by atomic mass is 19.4. The molecule has 0 bridgehead atoms. The second-order valence-electron chi connectivity index (χ2n) is 8.21. The maximum Gasteiger partial charge on any atom is 0.417 e. The van der Waals surface area contributed by atoms with Gasteiger partial charge in [-0.15, -0.1) is 0 Å². The molecular formula is C22H23F3N8O. The van der Waals surface area contributed by atoms with Gasteiger partial charge < -0.3 is 20.9 Å². The van der Waals surface area contributed by atoms with Crippen molar-refractivity contribution in [2.75, 3.05) is 25.0 Å². The van der Waals surface area contributed by atoms with Crippen LogP contribution in [0.1, 0.15) is 25.3 Å². The van der Waals surface area contributed by atoms with Gasteiger partial charge in [0.1, 0.15) is 5.65 Å². The summed E-state index contributed by atoms with van der Waals surface area (Å²) in [5.74, 6) is 0.467. The van der Waals surface area contributed by atoms with Crippen molar-refractivity contribution in [3.63, 3.8) is 0 Å². The molecule has 3 aromatic rings. The van der Waals surface area contributed by atoms with Crippen LogP contribution in [0.4, 0.5) is 24.8 Å². The van der Waals surface area contributed by atoms with E-state index in [4.69, 9.17) is 12.3 Å². The smallest absolute Gasteiger partial charge is 0.352 e. The van der Waals surface area contributed by atoms with Crippen molar-refractivity contribution in [1.82, 2.24) is 24.8 Å². The fourth-order valence-electron chi connectivity index (χ4n) is 4.18. The predicted molar refractivity (Wildman–Crippen MR) is 120 cm³/mol. The van der Waals surface area contributed by atoms with Gasteiger partial charge in [0.25, 0.3) is 0 Å². The monoisotopic (exact) mass is 472 g/mol. The minimum atomic E-state index is -4.55. The number of hydrogen-bond donors (Lipinski definition) is 3. The van der Waals surface area contributed by atoms with Crippen LogP contribution >= 0.6 is 0 Å². The van der Waals surface area contributed by atoms with E-state index in [9.17, 15) is 18.0 Å².